The van der Waals surface area contributed by atoms with Crippen molar-refractivity contribution in [2.24, 2.45) is 0 Å². The van der Waals surface area contributed by atoms with Gasteiger partial charge in [0, 0.05) is 12.7 Å². The van der Waals surface area contributed by atoms with Crippen molar-refractivity contribution in [1.29, 1.82) is 0 Å². The normalized spacial score (nSPS) is 23.3. The molecular formula is C12H16N2O. The summed E-state index contributed by atoms with van der Waals surface area (Å²) < 4.78 is 5.86. The lowest BCUT2D eigenvalue weighted by Crippen LogP contribution is -2.39. The zero-order valence-corrected chi connectivity index (χ0v) is 9.07. The third kappa shape index (κ3) is 1.29. The van der Waals surface area contributed by atoms with Crippen LogP contribution in [0, 0.1) is 0 Å². The first kappa shape index (κ1) is 9.01. The Labute approximate surface area is 90.1 Å². The number of aromatic nitrogens is 1. The van der Waals surface area contributed by atoms with E-state index in [-0.39, 0.29) is 0 Å². The molecule has 0 aliphatic carbocycles. The molecule has 1 fully saturated rings. The zero-order valence-electron chi connectivity index (χ0n) is 9.07. The number of rotatable bonds is 1. The predicted octanol–water partition coefficient (Wildman–Crippen LogP) is 2.01. The van der Waals surface area contributed by atoms with Crippen LogP contribution in [0.4, 0.5) is 5.82 Å². The van der Waals surface area contributed by atoms with Crippen LogP contribution >= 0.6 is 0 Å². The Bertz CT molecular complexity index is 378. The van der Waals surface area contributed by atoms with E-state index < -0.39 is 0 Å². The minimum Gasteiger partial charge on any atom is -0.487 e. The quantitative estimate of drug-likeness (QED) is 0.699. The fraction of sp³-hybridized carbons (Fsp3) is 0.583. The Morgan fingerprint density at radius 2 is 2.53 bits per heavy atom. The number of aryl methyl sites for hydroxylation is 1. The average Bonchev–Trinajstić information content (AvgIpc) is 2.76. The molecule has 1 saturated heterocycles. The van der Waals surface area contributed by atoms with Gasteiger partial charge in [0.25, 0.3) is 0 Å². The number of pyridine rings is 1. The first-order chi connectivity index (χ1) is 7.40. The molecular weight excluding hydrogens is 188 g/mol. The van der Waals surface area contributed by atoms with Gasteiger partial charge in [0.15, 0.2) is 11.6 Å². The molecule has 2 aliphatic rings. The molecule has 15 heavy (non-hydrogen) atoms. The van der Waals surface area contributed by atoms with E-state index in [1.807, 2.05) is 6.20 Å². The Morgan fingerprint density at radius 3 is 3.40 bits per heavy atom. The monoisotopic (exact) mass is 204 g/mol. The molecule has 1 atom stereocenters. The first-order valence-corrected chi connectivity index (χ1v) is 5.77. The molecule has 1 aromatic rings. The number of hydrogen-bond acceptors (Lipinski definition) is 3. The molecule has 0 bridgehead atoms. The van der Waals surface area contributed by atoms with E-state index in [9.17, 15) is 0 Å². The van der Waals surface area contributed by atoms with Crippen molar-refractivity contribution >= 4 is 5.82 Å². The Hall–Kier alpha value is -1.25. The molecule has 3 heteroatoms. The molecule has 3 nitrogen and oxygen atoms in total. The van der Waals surface area contributed by atoms with E-state index in [4.69, 9.17) is 4.74 Å². The molecule has 0 spiro atoms. The van der Waals surface area contributed by atoms with Crippen molar-refractivity contribution in [3.8, 4) is 5.75 Å². The van der Waals surface area contributed by atoms with Crippen LogP contribution in [0.5, 0.6) is 5.75 Å². The maximum absolute atomic E-state index is 5.86. The van der Waals surface area contributed by atoms with Crippen LogP contribution in [0.3, 0.4) is 0 Å². The van der Waals surface area contributed by atoms with Gasteiger partial charge < -0.3 is 9.64 Å². The molecule has 0 radical (unpaired) electrons. The molecule has 3 rings (SSSR count). The van der Waals surface area contributed by atoms with Crippen molar-refractivity contribution in [3.63, 3.8) is 0 Å². The number of hydrogen-bond donors (Lipinski definition) is 0. The molecule has 0 saturated carbocycles. The van der Waals surface area contributed by atoms with Crippen molar-refractivity contribution in [2.75, 3.05) is 18.1 Å². The summed E-state index contributed by atoms with van der Waals surface area (Å²) in [5, 5.41) is 0. The summed E-state index contributed by atoms with van der Waals surface area (Å²) in [6.07, 6.45) is 5.44. The maximum atomic E-state index is 5.86. The number of ether oxygens (including phenoxy) is 1. The third-order valence-electron chi connectivity index (χ3n) is 3.42. The second-order valence-electron chi connectivity index (χ2n) is 4.28. The van der Waals surface area contributed by atoms with Gasteiger partial charge in [-0.3, -0.25) is 0 Å². The molecule has 3 heterocycles. The van der Waals surface area contributed by atoms with Crippen LogP contribution in [0.1, 0.15) is 25.3 Å². The minimum absolute atomic E-state index is 0.567. The fourth-order valence-electron chi connectivity index (χ4n) is 2.58. The second-order valence-corrected chi connectivity index (χ2v) is 4.28. The van der Waals surface area contributed by atoms with Gasteiger partial charge in [-0.05, 0) is 30.9 Å². The van der Waals surface area contributed by atoms with Crippen LogP contribution in [0.25, 0.3) is 0 Å². The van der Waals surface area contributed by atoms with E-state index >= 15 is 0 Å². The van der Waals surface area contributed by atoms with E-state index in [1.54, 1.807) is 0 Å². The lowest BCUT2D eigenvalue weighted by molar-refractivity contribution is 0.267. The van der Waals surface area contributed by atoms with Crippen LogP contribution in [0.2, 0.25) is 0 Å². The molecule has 0 amide bonds. The summed E-state index contributed by atoms with van der Waals surface area (Å²) in [7, 11) is 0. The van der Waals surface area contributed by atoms with Gasteiger partial charge in [0.2, 0.25) is 0 Å². The van der Waals surface area contributed by atoms with Gasteiger partial charge in [0.1, 0.15) is 6.61 Å². The van der Waals surface area contributed by atoms with Gasteiger partial charge >= 0.3 is 0 Å². The standard InChI is InChI=1S/C12H16N2O/c1-2-9-5-6-13-12-11(9)15-8-10-4-3-7-14(10)12/h5-6,10H,2-4,7-8H2,1H3. The second kappa shape index (κ2) is 3.40. The van der Waals surface area contributed by atoms with Crippen LogP contribution in [-0.2, 0) is 6.42 Å². The van der Waals surface area contributed by atoms with E-state index in [1.165, 1.54) is 18.4 Å². The van der Waals surface area contributed by atoms with Gasteiger partial charge in [-0.15, -0.1) is 0 Å². The van der Waals surface area contributed by atoms with Gasteiger partial charge in [-0.1, -0.05) is 6.92 Å². The highest BCUT2D eigenvalue weighted by molar-refractivity contribution is 5.59. The largest absolute Gasteiger partial charge is 0.487 e. The van der Waals surface area contributed by atoms with Crippen molar-refractivity contribution < 1.29 is 4.74 Å². The highest BCUT2D eigenvalue weighted by Crippen LogP contribution is 2.38. The molecule has 0 aromatic carbocycles. The summed E-state index contributed by atoms with van der Waals surface area (Å²) >= 11 is 0. The summed E-state index contributed by atoms with van der Waals surface area (Å²) in [5.74, 6) is 2.10. The third-order valence-corrected chi connectivity index (χ3v) is 3.42. The van der Waals surface area contributed by atoms with Gasteiger partial charge in [-0.25, -0.2) is 4.98 Å². The van der Waals surface area contributed by atoms with Gasteiger partial charge in [0.05, 0.1) is 6.04 Å². The summed E-state index contributed by atoms with van der Waals surface area (Å²) in [4.78, 5) is 6.89. The lowest BCUT2D eigenvalue weighted by atomic mass is 10.1. The molecule has 0 N–H and O–H groups in total. The van der Waals surface area contributed by atoms with Crippen LogP contribution < -0.4 is 9.64 Å². The van der Waals surface area contributed by atoms with E-state index in [2.05, 4.69) is 22.9 Å². The molecule has 80 valence electrons. The summed E-state index contributed by atoms with van der Waals surface area (Å²) in [5.41, 5.74) is 1.28. The SMILES string of the molecule is CCc1ccnc2c1OCC1CCCN21. The molecule has 2 aliphatic heterocycles. The number of anilines is 1. The van der Waals surface area contributed by atoms with Crippen molar-refractivity contribution in [2.45, 2.75) is 32.2 Å². The molecule has 1 aromatic heterocycles. The van der Waals surface area contributed by atoms with E-state index in [0.29, 0.717) is 6.04 Å². The highest BCUT2D eigenvalue weighted by atomic mass is 16.5. The van der Waals surface area contributed by atoms with Gasteiger partial charge in [-0.2, -0.15) is 0 Å². The molecule has 1 unspecified atom stereocenters. The fourth-order valence-corrected chi connectivity index (χ4v) is 2.58. The smallest absolute Gasteiger partial charge is 0.172 e. The summed E-state index contributed by atoms with van der Waals surface area (Å²) in [6.45, 7) is 4.14. The van der Waals surface area contributed by atoms with Crippen molar-refractivity contribution in [3.05, 3.63) is 17.8 Å². The number of fused-ring (bicyclic) bond motifs is 3. The topological polar surface area (TPSA) is 25.4 Å². The highest BCUT2D eigenvalue weighted by Gasteiger charge is 2.33. The van der Waals surface area contributed by atoms with Crippen molar-refractivity contribution in [1.82, 2.24) is 4.98 Å². The minimum atomic E-state index is 0.567. The Morgan fingerprint density at radius 1 is 1.60 bits per heavy atom. The Kier molecular flexibility index (Phi) is 2.04. The Balaban J connectivity index is 2.07. The maximum Gasteiger partial charge on any atom is 0.172 e. The number of nitrogens with zero attached hydrogens (tertiary/aromatic N) is 2. The first-order valence-electron chi connectivity index (χ1n) is 5.77. The predicted molar refractivity (Wildman–Crippen MR) is 59.5 cm³/mol. The lowest BCUT2D eigenvalue weighted by Gasteiger charge is -2.33. The average molecular weight is 204 g/mol. The van der Waals surface area contributed by atoms with Crippen LogP contribution in [-0.4, -0.2) is 24.2 Å². The van der Waals surface area contributed by atoms with Crippen LogP contribution in [0.15, 0.2) is 12.3 Å². The summed E-state index contributed by atoms with van der Waals surface area (Å²) in [6, 6.07) is 2.63. The zero-order chi connectivity index (χ0) is 10.3. The van der Waals surface area contributed by atoms with E-state index in [0.717, 1.165) is 31.1 Å².